The number of methoxy groups -OCH3 is 1. The van der Waals surface area contributed by atoms with E-state index in [0.29, 0.717) is 40.6 Å². The smallest absolute Gasteiger partial charge is 0.336 e. The molecule has 0 saturated heterocycles. The molecule has 152 valence electrons. The van der Waals surface area contributed by atoms with Gasteiger partial charge in [-0.2, -0.15) is 0 Å². The van der Waals surface area contributed by atoms with Crippen LogP contribution < -0.4 is 4.74 Å². The van der Waals surface area contributed by atoms with Crippen LogP contribution in [0.15, 0.2) is 36.4 Å². The standard InChI is InChI=1S/C22H18N2O6/c1-30-18-11-12(10-17(21(18)25)24(28)29)9-13-5-4-7-15-19(22(26)27)14-6-2-3-8-16(14)23-20(13)15/h2-3,6,8-11,25H,4-5,7H2,1H3,(H,26,27)/b13-9-. The van der Waals surface area contributed by atoms with Crippen LogP contribution in [0.1, 0.15) is 40.0 Å². The van der Waals surface area contributed by atoms with Gasteiger partial charge >= 0.3 is 11.7 Å². The number of allylic oxidation sites excluding steroid dienone is 1. The van der Waals surface area contributed by atoms with E-state index in [-0.39, 0.29) is 11.3 Å². The first-order chi connectivity index (χ1) is 14.4. The number of hydrogen-bond acceptors (Lipinski definition) is 6. The highest BCUT2D eigenvalue weighted by atomic mass is 16.6. The lowest BCUT2D eigenvalue weighted by molar-refractivity contribution is -0.386. The van der Waals surface area contributed by atoms with Gasteiger partial charge in [0, 0.05) is 11.5 Å². The number of nitro groups is 1. The SMILES string of the molecule is COc1cc(/C=C2/CCCc3c2nc2ccccc2c3C(=O)O)cc([N+](=O)[O-])c1O. The maximum Gasteiger partial charge on any atom is 0.336 e. The summed E-state index contributed by atoms with van der Waals surface area (Å²) in [7, 11) is 1.32. The van der Waals surface area contributed by atoms with Crippen LogP contribution >= 0.6 is 0 Å². The van der Waals surface area contributed by atoms with Crippen LogP contribution in [0.25, 0.3) is 22.6 Å². The third-order valence-electron chi connectivity index (χ3n) is 5.22. The second-order valence-electron chi connectivity index (χ2n) is 7.01. The summed E-state index contributed by atoms with van der Waals surface area (Å²) in [5, 5.41) is 31.7. The number of aromatic nitrogens is 1. The molecule has 0 atom stereocenters. The van der Waals surface area contributed by atoms with Gasteiger partial charge in [-0.25, -0.2) is 9.78 Å². The number of pyridine rings is 1. The average Bonchev–Trinajstić information content (AvgIpc) is 2.73. The number of aromatic hydroxyl groups is 1. The third-order valence-corrected chi connectivity index (χ3v) is 5.22. The van der Waals surface area contributed by atoms with Gasteiger partial charge in [0.25, 0.3) is 0 Å². The largest absolute Gasteiger partial charge is 0.500 e. The Kier molecular flexibility index (Phi) is 4.83. The van der Waals surface area contributed by atoms with Gasteiger partial charge in [0.2, 0.25) is 5.75 Å². The van der Waals surface area contributed by atoms with Crippen molar-refractivity contribution in [1.29, 1.82) is 0 Å². The van der Waals surface area contributed by atoms with E-state index in [1.165, 1.54) is 19.2 Å². The molecule has 1 aliphatic rings. The molecule has 2 N–H and O–H groups in total. The molecule has 0 spiro atoms. The Morgan fingerprint density at radius 1 is 1.27 bits per heavy atom. The molecular weight excluding hydrogens is 388 g/mol. The van der Waals surface area contributed by atoms with Gasteiger partial charge in [0.15, 0.2) is 5.75 Å². The van der Waals surface area contributed by atoms with E-state index < -0.39 is 22.3 Å². The van der Waals surface area contributed by atoms with E-state index in [0.717, 1.165) is 12.0 Å². The Morgan fingerprint density at radius 2 is 2.03 bits per heavy atom. The molecule has 30 heavy (non-hydrogen) atoms. The molecule has 0 fully saturated rings. The average molecular weight is 406 g/mol. The molecule has 0 saturated carbocycles. The molecule has 3 aromatic rings. The van der Waals surface area contributed by atoms with Crippen LogP contribution in [0.4, 0.5) is 5.69 Å². The van der Waals surface area contributed by atoms with E-state index in [1.807, 2.05) is 0 Å². The van der Waals surface area contributed by atoms with E-state index in [9.17, 15) is 25.1 Å². The summed E-state index contributed by atoms with van der Waals surface area (Å²) in [5.41, 5.74) is 2.87. The summed E-state index contributed by atoms with van der Waals surface area (Å²) in [4.78, 5) is 27.3. The fraction of sp³-hybridized carbons (Fsp3) is 0.182. The Bertz CT molecular complexity index is 1230. The lowest BCUT2D eigenvalue weighted by Crippen LogP contribution is -2.13. The van der Waals surface area contributed by atoms with Crippen LogP contribution in [0.5, 0.6) is 11.5 Å². The maximum atomic E-state index is 12.0. The molecule has 0 aliphatic heterocycles. The van der Waals surface area contributed by atoms with Crippen molar-refractivity contribution in [3.8, 4) is 11.5 Å². The van der Waals surface area contributed by atoms with Crippen LogP contribution in [0, 0.1) is 10.1 Å². The summed E-state index contributed by atoms with van der Waals surface area (Å²) in [6.45, 7) is 0. The number of para-hydroxylation sites is 1. The molecular formula is C22H18N2O6. The molecule has 0 bridgehead atoms. The molecule has 0 amide bonds. The van der Waals surface area contributed by atoms with Crippen molar-refractivity contribution in [2.24, 2.45) is 0 Å². The third kappa shape index (κ3) is 3.22. The number of carboxylic acids is 1. The molecule has 1 aromatic heterocycles. The van der Waals surface area contributed by atoms with E-state index in [4.69, 9.17) is 9.72 Å². The van der Waals surface area contributed by atoms with Gasteiger partial charge in [0.1, 0.15) is 0 Å². The number of ether oxygens (including phenoxy) is 1. The second-order valence-corrected chi connectivity index (χ2v) is 7.01. The number of hydrogen-bond donors (Lipinski definition) is 2. The van der Waals surface area contributed by atoms with Crippen molar-refractivity contribution in [3.05, 3.63) is 68.9 Å². The Hall–Kier alpha value is -3.94. The van der Waals surface area contributed by atoms with Gasteiger partial charge in [-0.3, -0.25) is 10.1 Å². The van der Waals surface area contributed by atoms with Gasteiger partial charge in [-0.15, -0.1) is 0 Å². The first-order valence-corrected chi connectivity index (χ1v) is 9.32. The van der Waals surface area contributed by atoms with E-state index >= 15 is 0 Å². The monoisotopic (exact) mass is 406 g/mol. The quantitative estimate of drug-likeness (QED) is 0.485. The predicted molar refractivity (Wildman–Crippen MR) is 111 cm³/mol. The fourth-order valence-corrected chi connectivity index (χ4v) is 3.91. The van der Waals surface area contributed by atoms with Crippen molar-refractivity contribution >= 4 is 34.2 Å². The number of rotatable bonds is 4. The van der Waals surface area contributed by atoms with Crippen molar-refractivity contribution in [1.82, 2.24) is 4.98 Å². The molecule has 0 unspecified atom stereocenters. The zero-order valence-electron chi connectivity index (χ0n) is 16.1. The number of phenols is 1. The number of nitro benzene ring substituents is 1. The number of nitrogens with zero attached hydrogens (tertiary/aromatic N) is 2. The van der Waals surface area contributed by atoms with E-state index in [2.05, 4.69) is 0 Å². The fourth-order valence-electron chi connectivity index (χ4n) is 3.91. The second kappa shape index (κ2) is 7.47. The van der Waals surface area contributed by atoms with Gasteiger partial charge in [0.05, 0.1) is 28.8 Å². The molecule has 1 aliphatic carbocycles. The Balaban J connectivity index is 1.94. The molecule has 1 heterocycles. The van der Waals surface area contributed by atoms with Gasteiger partial charge < -0.3 is 14.9 Å². The van der Waals surface area contributed by atoms with Gasteiger partial charge in [-0.1, -0.05) is 18.2 Å². The minimum absolute atomic E-state index is 0.00946. The highest BCUT2D eigenvalue weighted by Crippen LogP contribution is 2.40. The number of benzene rings is 2. The van der Waals surface area contributed by atoms with Crippen LogP contribution in [0.2, 0.25) is 0 Å². The number of carboxylic acid groups (broad SMARTS) is 1. The van der Waals surface area contributed by atoms with Crippen LogP contribution in [0.3, 0.4) is 0 Å². The molecule has 4 rings (SSSR count). The highest BCUT2D eigenvalue weighted by Gasteiger charge is 2.25. The van der Waals surface area contributed by atoms with Gasteiger partial charge in [-0.05, 0) is 54.2 Å². The summed E-state index contributed by atoms with van der Waals surface area (Å²) in [5.74, 6) is -1.55. The molecule has 0 radical (unpaired) electrons. The summed E-state index contributed by atoms with van der Waals surface area (Å²) in [6.07, 6.45) is 3.70. The Labute approximate surface area is 171 Å². The first kappa shape index (κ1) is 19.4. The zero-order chi connectivity index (χ0) is 21.4. The molecule has 2 aromatic carbocycles. The van der Waals surface area contributed by atoms with Crippen molar-refractivity contribution in [2.75, 3.05) is 7.11 Å². The number of carbonyl (C=O) groups is 1. The lowest BCUT2D eigenvalue weighted by atomic mass is 9.86. The number of fused-ring (bicyclic) bond motifs is 2. The number of aromatic carboxylic acids is 1. The molecule has 8 heteroatoms. The van der Waals surface area contributed by atoms with E-state index in [1.54, 1.807) is 30.3 Å². The maximum absolute atomic E-state index is 12.0. The minimum atomic E-state index is -1.01. The topological polar surface area (TPSA) is 123 Å². The summed E-state index contributed by atoms with van der Waals surface area (Å²) in [6, 6.07) is 9.86. The summed E-state index contributed by atoms with van der Waals surface area (Å²) < 4.78 is 5.07. The minimum Gasteiger partial charge on any atom is -0.500 e. The first-order valence-electron chi connectivity index (χ1n) is 9.32. The Morgan fingerprint density at radius 3 is 2.73 bits per heavy atom. The molecule has 8 nitrogen and oxygen atoms in total. The van der Waals surface area contributed by atoms with Crippen molar-refractivity contribution in [2.45, 2.75) is 19.3 Å². The normalized spacial score (nSPS) is 14.5. The van der Waals surface area contributed by atoms with Crippen LogP contribution in [-0.2, 0) is 6.42 Å². The zero-order valence-corrected chi connectivity index (χ0v) is 16.1. The lowest BCUT2D eigenvalue weighted by Gasteiger charge is -2.21. The van der Waals surface area contributed by atoms with Crippen molar-refractivity contribution in [3.63, 3.8) is 0 Å². The van der Waals surface area contributed by atoms with Crippen LogP contribution in [-0.4, -0.2) is 33.2 Å². The highest BCUT2D eigenvalue weighted by molar-refractivity contribution is 6.05. The predicted octanol–water partition coefficient (Wildman–Crippen LogP) is 4.43. The summed E-state index contributed by atoms with van der Waals surface area (Å²) >= 11 is 0. The van der Waals surface area contributed by atoms with Crippen molar-refractivity contribution < 1.29 is 24.7 Å². The number of phenolic OH excluding ortho intramolecular Hbond substituents is 1.